The lowest BCUT2D eigenvalue weighted by atomic mass is 9.77. The fourth-order valence-corrected chi connectivity index (χ4v) is 4.30. The van der Waals surface area contributed by atoms with Gasteiger partial charge in [-0.25, -0.2) is 4.39 Å². The fourth-order valence-electron chi connectivity index (χ4n) is 4.30. The van der Waals surface area contributed by atoms with Gasteiger partial charge in [0.15, 0.2) is 5.67 Å². The molecular weight excluding hydrogens is 299 g/mol. The highest BCUT2D eigenvalue weighted by atomic mass is 19.1. The molecule has 4 fully saturated rings. The summed E-state index contributed by atoms with van der Waals surface area (Å²) in [6.45, 7) is 3.39. The van der Waals surface area contributed by atoms with Gasteiger partial charge in [-0.2, -0.15) is 0 Å². The van der Waals surface area contributed by atoms with Crippen molar-refractivity contribution in [3.05, 3.63) is 0 Å². The average Bonchev–Trinajstić information content (AvgIpc) is 2.88. The average molecular weight is 324 g/mol. The largest absolute Gasteiger partial charge is 0.371 e. The number of halogens is 1. The van der Waals surface area contributed by atoms with Crippen LogP contribution in [0.5, 0.6) is 0 Å². The van der Waals surface area contributed by atoms with Crippen molar-refractivity contribution in [1.29, 1.82) is 0 Å². The van der Waals surface area contributed by atoms with Gasteiger partial charge in [0.25, 0.3) is 5.91 Å². The Labute approximate surface area is 136 Å². The van der Waals surface area contributed by atoms with Gasteiger partial charge in [-0.05, 0) is 38.5 Å². The Balaban J connectivity index is 1.24. The van der Waals surface area contributed by atoms with E-state index in [0.29, 0.717) is 44.9 Å². The first kappa shape index (κ1) is 15.4. The number of amides is 2. The maximum atomic E-state index is 14.2. The number of rotatable bonds is 3. The number of alkyl halides is 1. The smallest absolute Gasteiger partial charge is 0.260 e. The van der Waals surface area contributed by atoms with Crippen molar-refractivity contribution in [3.63, 3.8) is 0 Å². The van der Waals surface area contributed by atoms with Crippen molar-refractivity contribution in [2.75, 3.05) is 32.8 Å². The molecule has 23 heavy (non-hydrogen) atoms. The van der Waals surface area contributed by atoms with Gasteiger partial charge in [-0.1, -0.05) is 0 Å². The number of carbonyl (C=O) groups is 2. The van der Waals surface area contributed by atoms with Gasteiger partial charge in [0.05, 0.1) is 19.7 Å². The third kappa shape index (κ3) is 2.65. The fraction of sp³-hybridized carbons (Fsp3) is 0.882. The zero-order chi connectivity index (χ0) is 16.1. The Morgan fingerprint density at radius 1 is 1.26 bits per heavy atom. The first-order valence-corrected chi connectivity index (χ1v) is 8.90. The number of ether oxygens (including phenoxy) is 1. The van der Waals surface area contributed by atoms with E-state index in [-0.39, 0.29) is 17.4 Å². The first-order chi connectivity index (χ1) is 11.0. The molecule has 3 aliphatic heterocycles. The summed E-state index contributed by atoms with van der Waals surface area (Å²) in [7, 11) is 0. The molecule has 0 bridgehead atoms. The second kappa shape index (κ2) is 5.43. The molecule has 4 rings (SSSR count). The molecule has 1 spiro atoms. The van der Waals surface area contributed by atoms with Crippen LogP contribution in [0.2, 0.25) is 0 Å². The topological polar surface area (TPSA) is 49.9 Å². The van der Waals surface area contributed by atoms with E-state index in [9.17, 15) is 14.0 Å². The van der Waals surface area contributed by atoms with E-state index < -0.39 is 5.67 Å². The number of hydrogen-bond acceptors (Lipinski definition) is 3. The maximum Gasteiger partial charge on any atom is 0.260 e. The maximum absolute atomic E-state index is 14.2. The van der Waals surface area contributed by atoms with E-state index in [1.807, 2.05) is 4.90 Å². The quantitative estimate of drug-likeness (QED) is 0.791. The van der Waals surface area contributed by atoms with E-state index >= 15 is 0 Å². The molecule has 0 N–H and O–H groups in total. The SMILES string of the molecule is O=C1CCCN1C[C@@H]1CCC2(CN(C(=O)C3(F)CCC3)C2)OC1. The van der Waals surface area contributed by atoms with Crippen molar-refractivity contribution in [1.82, 2.24) is 9.80 Å². The van der Waals surface area contributed by atoms with Gasteiger partial charge in [-0.15, -0.1) is 0 Å². The number of carbonyl (C=O) groups excluding carboxylic acids is 2. The van der Waals surface area contributed by atoms with Gasteiger partial charge in [-0.3, -0.25) is 9.59 Å². The van der Waals surface area contributed by atoms with Crippen LogP contribution in [-0.4, -0.2) is 65.7 Å². The van der Waals surface area contributed by atoms with Crippen molar-refractivity contribution >= 4 is 11.8 Å². The van der Waals surface area contributed by atoms with Crippen molar-refractivity contribution in [2.24, 2.45) is 5.92 Å². The number of likely N-dealkylation sites (tertiary alicyclic amines) is 2. The molecule has 1 atom stereocenters. The Morgan fingerprint density at radius 2 is 2.04 bits per heavy atom. The van der Waals surface area contributed by atoms with Crippen LogP contribution in [0, 0.1) is 5.92 Å². The van der Waals surface area contributed by atoms with Crippen molar-refractivity contribution in [3.8, 4) is 0 Å². The lowest BCUT2D eigenvalue weighted by Crippen LogP contribution is -2.69. The molecule has 0 radical (unpaired) electrons. The molecule has 0 aromatic carbocycles. The van der Waals surface area contributed by atoms with Crippen molar-refractivity contribution < 1.29 is 18.7 Å². The van der Waals surface area contributed by atoms with Gasteiger partial charge in [0.2, 0.25) is 5.91 Å². The van der Waals surface area contributed by atoms with Crippen LogP contribution >= 0.6 is 0 Å². The molecule has 0 unspecified atom stereocenters. The second-order valence-corrected chi connectivity index (χ2v) is 7.82. The Hall–Kier alpha value is -1.17. The molecule has 3 saturated heterocycles. The molecular formula is C17H25FN2O3. The molecule has 5 nitrogen and oxygen atoms in total. The summed E-state index contributed by atoms with van der Waals surface area (Å²) in [5.74, 6) is 0.328. The van der Waals surface area contributed by atoms with Crippen LogP contribution in [0.1, 0.15) is 44.9 Å². The summed E-state index contributed by atoms with van der Waals surface area (Å²) in [6.07, 6.45) is 5.15. The Kier molecular flexibility index (Phi) is 3.63. The summed E-state index contributed by atoms with van der Waals surface area (Å²) in [5, 5.41) is 0. The predicted octanol–water partition coefficient (Wildman–Crippen LogP) is 1.51. The Morgan fingerprint density at radius 3 is 2.57 bits per heavy atom. The van der Waals surface area contributed by atoms with Crippen molar-refractivity contribution in [2.45, 2.75) is 56.2 Å². The third-order valence-corrected chi connectivity index (χ3v) is 6.06. The lowest BCUT2D eigenvalue weighted by molar-refractivity contribution is -0.199. The minimum Gasteiger partial charge on any atom is -0.371 e. The molecule has 1 saturated carbocycles. The second-order valence-electron chi connectivity index (χ2n) is 7.82. The zero-order valence-electron chi connectivity index (χ0n) is 13.6. The van der Waals surface area contributed by atoms with Crippen LogP contribution < -0.4 is 0 Å². The van der Waals surface area contributed by atoms with Gasteiger partial charge in [0, 0.05) is 25.4 Å². The summed E-state index contributed by atoms with van der Waals surface area (Å²) in [4.78, 5) is 27.4. The molecule has 3 heterocycles. The lowest BCUT2D eigenvalue weighted by Gasteiger charge is -2.54. The molecule has 0 aromatic heterocycles. The number of hydrogen-bond donors (Lipinski definition) is 0. The normalized spacial score (nSPS) is 31.9. The minimum absolute atomic E-state index is 0.249. The van der Waals surface area contributed by atoms with E-state index in [1.54, 1.807) is 4.90 Å². The minimum atomic E-state index is -1.59. The van der Waals surface area contributed by atoms with Crippen LogP contribution in [-0.2, 0) is 14.3 Å². The Bertz CT molecular complexity index is 504. The van der Waals surface area contributed by atoms with E-state index in [2.05, 4.69) is 0 Å². The molecule has 0 aromatic rings. The van der Waals surface area contributed by atoms with Gasteiger partial charge >= 0.3 is 0 Å². The monoisotopic (exact) mass is 324 g/mol. The zero-order valence-corrected chi connectivity index (χ0v) is 13.6. The molecule has 4 aliphatic rings. The highest BCUT2D eigenvalue weighted by molar-refractivity contribution is 5.87. The van der Waals surface area contributed by atoms with E-state index in [4.69, 9.17) is 4.74 Å². The molecule has 6 heteroatoms. The predicted molar refractivity (Wildman–Crippen MR) is 81.5 cm³/mol. The summed E-state index contributed by atoms with van der Waals surface area (Å²) < 4.78 is 20.2. The van der Waals surface area contributed by atoms with Gasteiger partial charge < -0.3 is 14.5 Å². The van der Waals surface area contributed by atoms with Crippen LogP contribution in [0.15, 0.2) is 0 Å². The van der Waals surface area contributed by atoms with Crippen LogP contribution in [0.25, 0.3) is 0 Å². The summed E-state index contributed by atoms with van der Waals surface area (Å²) in [5.41, 5.74) is -1.84. The van der Waals surface area contributed by atoms with Gasteiger partial charge in [0.1, 0.15) is 5.60 Å². The van der Waals surface area contributed by atoms with E-state index in [1.165, 1.54) is 0 Å². The highest BCUT2D eigenvalue weighted by Crippen LogP contribution is 2.42. The summed E-state index contributed by atoms with van der Waals surface area (Å²) in [6, 6.07) is 0. The summed E-state index contributed by atoms with van der Waals surface area (Å²) >= 11 is 0. The standard InChI is InChI=1S/C17H25FN2O3/c18-17(5-2-6-17)15(22)20-11-16(12-20)7-4-13(10-23-16)9-19-8-1-3-14(19)21/h13H,1-12H2/t13-/m0/s1. The van der Waals surface area contributed by atoms with E-state index in [0.717, 1.165) is 38.8 Å². The van der Waals surface area contributed by atoms with Crippen LogP contribution in [0.3, 0.4) is 0 Å². The number of nitrogens with zero attached hydrogens (tertiary/aromatic N) is 2. The molecule has 1 aliphatic carbocycles. The third-order valence-electron chi connectivity index (χ3n) is 6.06. The first-order valence-electron chi connectivity index (χ1n) is 8.90. The molecule has 2 amide bonds. The molecule has 128 valence electrons. The van der Waals surface area contributed by atoms with Crippen LogP contribution in [0.4, 0.5) is 4.39 Å². The highest BCUT2D eigenvalue weighted by Gasteiger charge is 2.55.